The van der Waals surface area contributed by atoms with Crippen LogP contribution in [0.5, 0.6) is 0 Å². The van der Waals surface area contributed by atoms with Crippen molar-refractivity contribution in [3.05, 3.63) is 29.8 Å². The fourth-order valence-electron chi connectivity index (χ4n) is 1.21. The number of nitrogens with zero attached hydrogens (tertiary/aromatic N) is 2. The third-order valence-corrected chi connectivity index (χ3v) is 2.00. The number of carbonyl (C=O) groups excluding carboxylic acids is 1. The summed E-state index contributed by atoms with van der Waals surface area (Å²) in [6, 6.07) is 8.40. The molecule has 0 saturated heterocycles. The van der Waals surface area contributed by atoms with E-state index in [-0.39, 0.29) is 13.0 Å². The Morgan fingerprint density at radius 2 is 2.31 bits per heavy atom. The summed E-state index contributed by atoms with van der Waals surface area (Å²) < 4.78 is 0. The lowest BCUT2D eigenvalue weighted by Gasteiger charge is -2.16. The lowest BCUT2D eigenvalue weighted by Crippen LogP contribution is -2.24. The molecular formula is C11H10N2O3. The van der Waals surface area contributed by atoms with Crippen LogP contribution in [0.1, 0.15) is 12.0 Å². The number of nitriles is 1. The number of rotatable bonds is 5. The van der Waals surface area contributed by atoms with Crippen molar-refractivity contribution in [1.82, 2.24) is 0 Å². The zero-order valence-corrected chi connectivity index (χ0v) is 8.46. The summed E-state index contributed by atoms with van der Waals surface area (Å²) >= 11 is 0. The highest BCUT2D eigenvalue weighted by molar-refractivity contribution is 5.77. The summed E-state index contributed by atoms with van der Waals surface area (Å²) in [5.41, 5.74) is 0.954. The van der Waals surface area contributed by atoms with E-state index in [4.69, 9.17) is 10.4 Å². The van der Waals surface area contributed by atoms with E-state index in [2.05, 4.69) is 0 Å². The molecule has 16 heavy (non-hydrogen) atoms. The smallest absolute Gasteiger partial charge is 0.305 e. The number of carbonyl (C=O) groups is 2. The van der Waals surface area contributed by atoms with E-state index in [1.54, 1.807) is 18.2 Å². The van der Waals surface area contributed by atoms with Crippen LogP contribution in [0.2, 0.25) is 0 Å². The van der Waals surface area contributed by atoms with Gasteiger partial charge in [0, 0.05) is 12.2 Å². The van der Waals surface area contributed by atoms with Crippen LogP contribution in [0, 0.1) is 11.3 Å². The molecule has 5 heteroatoms. The largest absolute Gasteiger partial charge is 0.481 e. The average molecular weight is 218 g/mol. The van der Waals surface area contributed by atoms with Crippen LogP contribution in [0.4, 0.5) is 5.69 Å². The zero-order chi connectivity index (χ0) is 12.0. The highest BCUT2D eigenvalue weighted by Crippen LogP contribution is 2.14. The first kappa shape index (κ1) is 11.7. The van der Waals surface area contributed by atoms with Crippen molar-refractivity contribution in [2.75, 3.05) is 11.4 Å². The maximum absolute atomic E-state index is 10.8. The highest BCUT2D eigenvalue weighted by Gasteiger charge is 2.07. The lowest BCUT2D eigenvalue weighted by atomic mass is 10.2. The Bertz CT molecular complexity index is 437. The minimum absolute atomic E-state index is 0.0910. The van der Waals surface area contributed by atoms with Crippen molar-refractivity contribution in [1.29, 1.82) is 5.26 Å². The second-order valence-corrected chi connectivity index (χ2v) is 3.10. The third kappa shape index (κ3) is 3.10. The second kappa shape index (κ2) is 5.51. The van der Waals surface area contributed by atoms with Gasteiger partial charge in [-0.15, -0.1) is 0 Å². The van der Waals surface area contributed by atoms with Crippen LogP contribution < -0.4 is 4.90 Å². The maximum Gasteiger partial charge on any atom is 0.305 e. The number of anilines is 1. The number of carboxylic acids is 1. The molecular weight excluding hydrogens is 208 g/mol. The summed E-state index contributed by atoms with van der Waals surface area (Å²) in [5.74, 6) is -0.969. The van der Waals surface area contributed by atoms with Gasteiger partial charge < -0.3 is 10.0 Å². The van der Waals surface area contributed by atoms with Gasteiger partial charge in [-0.1, -0.05) is 6.07 Å². The van der Waals surface area contributed by atoms with Crippen LogP contribution in [-0.2, 0) is 9.59 Å². The number of hydrogen-bond acceptors (Lipinski definition) is 3. The molecule has 0 fully saturated rings. The highest BCUT2D eigenvalue weighted by atomic mass is 16.4. The first-order chi connectivity index (χ1) is 7.67. The first-order valence-corrected chi connectivity index (χ1v) is 4.61. The van der Waals surface area contributed by atoms with Crippen LogP contribution in [0.15, 0.2) is 24.3 Å². The number of amides is 1. The van der Waals surface area contributed by atoms with Crippen molar-refractivity contribution >= 4 is 18.1 Å². The van der Waals surface area contributed by atoms with Gasteiger partial charge >= 0.3 is 5.97 Å². The normalized spacial score (nSPS) is 9.19. The van der Waals surface area contributed by atoms with Crippen molar-refractivity contribution in [2.45, 2.75) is 6.42 Å². The zero-order valence-electron chi connectivity index (χ0n) is 8.46. The predicted molar refractivity (Wildman–Crippen MR) is 56.8 cm³/mol. The van der Waals surface area contributed by atoms with Crippen molar-refractivity contribution < 1.29 is 14.7 Å². The number of aliphatic carboxylic acids is 1. The Balaban J connectivity index is 2.82. The van der Waals surface area contributed by atoms with Gasteiger partial charge in [-0.05, 0) is 18.2 Å². The van der Waals surface area contributed by atoms with Gasteiger partial charge in [-0.2, -0.15) is 5.26 Å². The molecule has 1 aromatic carbocycles. The molecule has 0 spiro atoms. The molecule has 82 valence electrons. The van der Waals surface area contributed by atoms with Gasteiger partial charge in [0.15, 0.2) is 0 Å². The van der Waals surface area contributed by atoms with Crippen molar-refractivity contribution in [3.8, 4) is 6.07 Å². The Morgan fingerprint density at radius 3 is 2.88 bits per heavy atom. The van der Waals surface area contributed by atoms with E-state index in [0.29, 0.717) is 17.7 Å². The van der Waals surface area contributed by atoms with Gasteiger partial charge in [0.25, 0.3) is 0 Å². The minimum Gasteiger partial charge on any atom is -0.481 e. The molecule has 5 nitrogen and oxygen atoms in total. The molecule has 0 aliphatic carbocycles. The number of carboxylic acid groups (broad SMARTS) is 1. The average Bonchev–Trinajstić information content (AvgIpc) is 2.30. The fraction of sp³-hybridized carbons (Fsp3) is 0.182. The molecule has 1 amide bonds. The Hall–Kier alpha value is -2.35. The second-order valence-electron chi connectivity index (χ2n) is 3.10. The van der Waals surface area contributed by atoms with Gasteiger partial charge in [-0.3, -0.25) is 9.59 Å². The van der Waals surface area contributed by atoms with Crippen molar-refractivity contribution in [2.24, 2.45) is 0 Å². The van der Waals surface area contributed by atoms with Crippen LogP contribution in [-0.4, -0.2) is 24.0 Å². The topological polar surface area (TPSA) is 81.4 Å². The van der Waals surface area contributed by atoms with E-state index in [0.717, 1.165) is 0 Å². The molecule has 0 bridgehead atoms. The summed E-state index contributed by atoms with van der Waals surface area (Å²) in [5, 5.41) is 17.2. The maximum atomic E-state index is 10.8. The molecule has 0 radical (unpaired) electrons. The van der Waals surface area contributed by atoms with Gasteiger partial charge in [-0.25, -0.2) is 0 Å². The van der Waals surface area contributed by atoms with E-state index in [9.17, 15) is 9.59 Å². The fourth-order valence-corrected chi connectivity index (χ4v) is 1.21. The van der Waals surface area contributed by atoms with Crippen molar-refractivity contribution in [3.63, 3.8) is 0 Å². The van der Waals surface area contributed by atoms with E-state index >= 15 is 0 Å². The van der Waals surface area contributed by atoms with Crippen LogP contribution >= 0.6 is 0 Å². The summed E-state index contributed by atoms with van der Waals surface area (Å²) in [4.78, 5) is 22.4. The molecule has 0 unspecified atom stereocenters. The standard InChI is InChI=1S/C11H10N2O3/c12-7-9-2-1-3-10(6-9)13(8-14)5-4-11(15)16/h1-3,6,8H,4-5H2,(H,15,16). The molecule has 0 aromatic heterocycles. The quantitative estimate of drug-likeness (QED) is 0.747. The van der Waals surface area contributed by atoms with Gasteiger partial charge in [0.2, 0.25) is 6.41 Å². The summed E-state index contributed by atoms with van der Waals surface area (Å²) in [7, 11) is 0. The monoisotopic (exact) mass is 218 g/mol. The van der Waals surface area contributed by atoms with E-state index < -0.39 is 5.97 Å². The predicted octanol–water partition coefficient (Wildman–Crippen LogP) is 0.996. The van der Waals surface area contributed by atoms with Gasteiger partial charge in [0.1, 0.15) is 0 Å². The molecule has 0 atom stereocenters. The van der Waals surface area contributed by atoms with E-state index in [1.807, 2.05) is 6.07 Å². The van der Waals surface area contributed by atoms with Gasteiger partial charge in [0.05, 0.1) is 18.1 Å². The number of benzene rings is 1. The number of hydrogen-bond donors (Lipinski definition) is 1. The molecule has 1 rings (SSSR count). The SMILES string of the molecule is N#Cc1cccc(N(C=O)CCC(=O)O)c1. The van der Waals surface area contributed by atoms with E-state index in [1.165, 1.54) is 11.0 Å². The molecule has 1 N–H and O–H groups in total. The molecule has 0 heterocycles. The molecule has 0 aliphatic heterocycles. The Labute approximate surface area is 92.5 Å². The Morgan fingerprint density at radius 1 is 1.56 bits per heavy atom. The molecule has 0 saturated carbocycles. The third-order valence-electron chi connectivity index (χ3n) is 2.00. The summed E-state index contributed by atoms with van der Waals surface area (Å²) in [6.07, 6.45) is 0.426. The van der Waals surface area contributed by atoms with Crippen LogP contribution in [0.3, 0.4) is 0 Å². The molecule has 1 aromatic rings. The first-order valence-electron chi connectivity index (χ1n) is 4.61. The molecule has 0 aliphatic rings. The Kier molecular flexibility index (Phi) is 4.04. The minimum atomic E-state index is -0.969. The van der Waals surface area contributed by atoms with Crippen LogP contribution in [0.25, 0.3) is 0 Å². The summed E-state index contributed by atoms with van der Waals surface area (Å²) in [6.45, 7) is 0.0910. The lowest BCUT2D eigenvalue weighted by molar-refractivity contribution is -0.136.